The molecule has 6 nitrogen and oxygen atoms in total. The van der Waals surface area contributed by atoms with E-state index in [9.17, 15) is 9.59 Å². The summed E-state index contributed by atoms with van der Waals surface area (Å²) in [4.78, 5) is 26.7. The molecule has 2 aromatic rings. The van der Waals surface area contributed by atoms with Gasteiger partial charge in [-0.05, 0) is 48.9 Å². The van der Waals surface area contributed by atoms with Crippen LogP contribution < -0.4 is 5.32 Å². The van der Waals surface area contributed by atoms with E-state index >= 15 is 0 Å². The first-order valence-corrected chi connectivity index (χ1v) is 10.3. The molecule has 1 fully saturated rings. The first-order valence-electron chi connectivity index (χ1n) is 9.94. The summed E-state index contributed by atoms with van der Waals surface area (Å²) in [6.07, 6.45) is 3.15. The quantitative estimate of drug-likeness (QED) is 0.702. The lowest BCUT2D eigenvalue weighted by atomic mass is 9.93. The highest BCUT2D eigenvalue weighted by atomic mass is 35.5. The number of likely N-dealkylation sites (tertiary alicyclic amines) is 1. The lowest BCUT2D eigenvalue weighted by Gasteiger charge is -2.32. The first-order chi connectivity index (χ1) is 14.1. The van der Waals surface area contributed by atoms with Crippen LogP contribution in [0.3, 0.4) is 0 Å². The zero-order chi connectivity index (χ0) is 20.6. The Morgan fingerprint density at radius 1 is 1.28 bits per heavy atom. The molecule has 1 atom stereocenters. The number of ether oxygens (including phenoxy) is 1. The molecule has 0 unspecified atom stereocenters. The van der Waals surface area contributed by atoms with Gasteiger partial charge in [0.1, 0.15) is 12.4 Å². The maximum atomic E-state index is 12.7. The second-order valence-electron chi connectivity index (χ2n) is 7.37. The van der Waals surface area contributed by atoms with Crippen LogP contribution in [-0.4, -0.2) is 36.9 Å². The van der Waals surface area contributed by atoms with Crippen molar-refractivity contribution in [3.63, 3.8) is 0 Å². The highest BCUT2D eigenvalue weighted by molar-refractivity contribution is 6.31. The van der Waals surface area contributed by atoms with Gasteiger partial charge in [0.05, 0.1) is 0 Å². The SMILES string of the molecule is COCc1ccc(C(=O)N2CCC[C@H](CCC(=O)NCc3ccccc3Cl)C2)o1. The molecule has 2 heterocycles. The van der Waals surface area contributed by atoms with Gasteiger partial charge in [0, 0.05) is 38.2 Å². The van der Waals surface area contributed by atoms with E-state index in [2.05, 4.69) is 5.32 Å². The minimum Gasteiger partial charge on any atom is -0.453 e. The summed E-state index contributed by atoms with van der Waals surface area (Å²) < 4.78 is 10.6. The number of nitrogens with one attached hydrogen (secondary N) is 1. The second kappa shape index (κ2) is 10.5. The minimum atomic E-state index is -0.0970. The molecule has 0 bridgehead atoms. The van der Waals surface area contributed by atoms with Gasteiger partial charge in [-0.25, -0.2) is 0 Å². The Kier molecular flexibility index (Phi) is 7.72. The molecule has 1 aromatic carbocycles. The van der Waals surface area contributed by atoms with Crippen LogP contribution in [0.4, 0.5) is 0 Å². The Labute approximate surface area is 176 Å². The molecule has 1 saturated heterocycles. The molecule has 0 spiro atoms. The molecule has 0 radical (unpaired) electrons. The van der Waals surface area contributed by atoms with Gasteiger partial charge in [-0.1, -0.05) is 29.8 Å². The summed E-state index contributed by atoms with van der Waals surface area (Å²) >= 11 is 6.12. The molecule has 156 valence electrons. The second-order valence-corrected chi connectivity index (χ2v) is 7.77. The molecule has 3 rings (SSSR count). The normalized spacial score (nSPS) is 16.6. The fourth-order valence-electron chi connectivity index (χ4n) is 3.61. The fraction of sp³-hybridized carbons (Fsp3) is 0.455. The van der Waals surface area contributed by atoms with Gasteiger partial charge in [0.25, 0.3) is 5.91 Å². The summed E-state index contributed by atoms with van der Waals surface area (Å²) in [5.41, 5.74) is 0.906. The Bertz CT molecular complexity index is 836. The van der Waals surface area contributed by atoms with Gasteiger partial charge in [-0.2, -0.15) is 0 Å². The van der Waals surface area contributed by atoms with E-state index < -0.39 is 0 Å². The minimum absolute atomic E-state index is 0.00334. The van der Waals surface area contributed by atoms with Crippen LogP contribution in [0.2, 0.25) is 5.02 Å². The van der Waals surface area contributed by atoms with E-state index in [-0.39, 0.29) is 11.8 Å². The van der Waals surface area contributed by atoms with Gasteiger partial charge < -0.3 is 19.4 Å². The number of nitrogens with zero attached hydrogens (tertiary/aromatic N) is 1. The third-order valence-corrected chi connectivity index (χ3v) is 5.55. The molecular weight excluding hydrogens is 392 g/mol. The third-order valence-electron chi connectivity index (χ3n) is 5.18. The number of rotatable bonds is 8. The van der Waals surface area contributed by atoms with Gasteiger partial charge >= 0.3 is 0 Å². The van der Waals surface area contributed by atoms with Crippen molar-refractivity contribution in [2.75, 3.05) is 20.2 Å². The number of amides is 2. The van der Waals surface area contributed by atoms with Crippen molar-refractivity contribution < 1.29 is 18.7 Å². The summed E-state index contributed by atoms with van der Waals surface area (Å²) in [5, 5.41) is 3.58. The Balaban J connectivity index is 1.44. The van der Waals surface area contributed by atoms with E-state index in [1.165, 1.54) is 0 Å². The molecular formula is C22H27ClN2O4. The molecule has 7 heteroatoms. The standard InChI is InChI=1S/C22H27ClN2O4/c1-28-15-18-9-10-20(29-18)22(27)25-12-4-5-16(14-25)8-11-21(26)24-13-17-6-2-3-7-19(17)23/h2-3,6-7,9-10,16H,4-5,8,11-15H2,1H3,(H,24,26)/t16-/m1/s1. The number of halogens is 1. The van der Waals surface area contributed by atoms with Crippen molar-refractivity contribution in [3.8, 4) is 0 Å². The van der Waals surface area contributed by atoms with Gasteiger partial charge in [0.2, 0.25) is 5.91 Å². The van der Waals surface area contributed by atoms with Crippen molar-refractivity contribution in [3.05, 3.63) is 58.5 Å². The molecule has 1 aliphatic rings. The average Bonchev–Trinajstić information content (AvgIpc) is 3.20. The van der Waals surface area contributed by atoms with Crippen LogP contribution in [0, 0.1) is 5.92 Å². The van der Waals surface area contributed by atoms with Crippen LogP contribution in [0.15, 0.2) is 40.8 Å². The average molecular weight is 419 g/mol. The van der Waals surface area contributed by atoms with Crippen LogP contribution in [0.25, 0.3) is 0 Å². The highest BCUT2D eigenvalue weighted by Gasteiger charge is 2.26. The van der Waals surface area contributed by atoms with E-state index in [4.69, 9.17) is 20.8 Å². The number of hydrogen-bond donors (Lipinski definition) is 1. The predicted molar refractivity (Wildman–Crippen MR) is 111 cm³/mol. The number of carbonyl (C=O) groups excluding carboxylic acids is 2. The zero-order valence-electron chi connectivity index (χ0n) is 16.7. The highest BCUT2D eigenvalue weighted by Crippen LogP contribution is 2.23. The van der Waals surface area contributed by atoms with Gasteiger partial charge in [0.15, 0.2) is 5.76 Å². The van der Waals surface area contributed by atoms with Crippen LogP contribution >= 0.6 is 11.6 Å². The Hall–Kier alpha value is -2.31. The summed E-state index contributed by atoms with van der Waals surface area (Å²) in [6, 6.07) is 10.9. The van der Waals surface area contributed by atoms with E-state index in [1.54, 1.807) is 19.2 Å². The van der Waals surface area contributed by atoms with Crippen LogP contribution in [0.5, 0.6) is 0 Å². The molecule has 2 amide bonds. The molecule has 29 heavy (non-hydrogen) atoms. The van der Waals surface area contributed by atoms with E-state index in [0.717, 1.165) is 24.8 Å². The third kappa shape index (κ3) is 6.08. The molecule has 1 aliphatic heterocycles. The van der Waals surface area contributed by atoms with E-state index in [1.807, 2.05) is 29.2 Å². The van der Waals surface area contributed by atoms with Crippen molar-refractivity contribution in [1.82, 2.24) is 10.2 Å². The van der Waals surface area contributed by atoms with Crippen molar-refractivity contribution in [1.29, 1.82) is 0 Å². The lowest BCUT2D eigenvalue weighted by molar-refractivity contribution is -0.121. The Morgan fingerprint density at radius 3 is 2.90 bits per heavy atom. The topological polar surface area (TPSA) is 71.8 Å². The molecule has 1 N–H and O–H groups in total. The van der Waals surface area contributed by atoms with Crippen molar-refractivity contribution in [2.45, 2.75) is 38.8 Å². The fourth-order valence-corrected chi connectivity index (χ4v) is 3.82. The maximum absolute atomic E-state index is 12.7. The number of methoxy groups -OCH3 is 1. The largest absolute Gasteiger partial charge is 0.453 e. The van der Waals surface area contributed by atoms with Crippen LogP contribution in [0.1, 0.15) is 47.6 Å². The molecule has 0 saturated carbocycles. The Morgan fingerprint density at radius 2 is 2.10 bits per heavy atom. The summed E-state index contributed by atoms with van der Waals surface area (Å²) in [7, 11) is 1.59. The van der Waals surface area contributed by atoms with Gasteiger partial charge in [-0.15, -0.1) is 0 Å². The number of benzene rings is 1. The number of hydrogen-bond acceptors (Lipinski definition) is 4. The van der Waals surface area contributed by atoms with E-state index in [0.29, 0.717) is 55.1 Å². The lowest BCUT2D eigenvalue weighted by Crippen LogP contribution is -2.40. The number of piperidine rings is 1. The predicted octanol–water partition coefficient (Wildman–Crippen LogP) is 4.03. The van der Waals surface area contributed by atoms with Gasteiger partial charge in [-0.3, -0.25) is 9.59 Å². The first kappa shape index (κ1) is 21.4. The zero-order valence-corrected chi connectivity index (χ0v) is 17.4. The number of furan rings is 1. The number of carbonyl (C=O) groups is 2. The molecule has 1 aromatic heterocycles. The molecule has 0 aliphatic carbocycles. The van der Waals surface area contributed by atoms with Crippen molar-refractivity contribution in [2.24, 2.45) is 5.92 Å². The summed E-state index contributed by atoms with van der Waals surface area (Å²) in [6.45, 7) is 2.14. The van der Waals surface area contributed by atoms with Crippen molar-refractivity contribution >= 4 is 23.4 Å². The summed E-state index contributed by atoms with van der Waals surface area (Å²) in [5.74, 6) is 1.20. The maximum Gasteiger partial charge on any atom is 0.289 e. The smallest absolute Gasteiger partial charge is 0.289 e. The monoisotopic (exact) mass is 418 g/mol. The van der Waals surface area contributed by atoms with Crippen LogP contribution in [-0.2, 0) is 22.7 Å².